The van der Waals surface area contributed by atoms with Crippen LogP contribution >= 0.6 is 11.8 Å². The van der Waals surface area contributed by atoms with Crippen molar-refractivity contribution in [1.82, 2.24) is 0 Å². The Morgan fingerprint density at radius 2 is 2.23 bits per heavy atom. The molecule has 4 N–H and O–H groups in total. The highest BCUT2D eigenvalue weighted by molar-refractivity contribution is 7.99. The predicted molar refractivity (Wildman–Crippen MR) is 56.2 cm³/mol. The molecule has 0 bridgehead atoms. The highest BCUT2D eigenvalue weighted by Crippen LogP contribution is 2.13. The number of hydrogen-bond acceptors (Lipinski definition) is 3. The van der Waals surface area contributed by atoms with Gasteiger partial charge in [0.1, 0.15) is 0 Å². The van der Waals surface area contributed by atoms with Gasteiger partial charge in [0.05, 0.1) is 5.75 Å². The SMILES string of the molecule is NC(=O)CSCc1cccc(N)c1. The minimum atomic E-state index is -0.283. The molecular weight excluding hydrogens is 184 g/mol. The van der Waals surface area contributed by atoms with Crippen molar-refractivity contribution < 1.29 is 4.79 Å². The number of primary amides is 1. The van der Waals surface area contributed by atoms with Gasteiger partial charge in [-0.3, -0.25) is 4.79 Å². The number of nitrogens with two attached hydrogens (primary N) is 2. The molecule has 0 heterocycles. The first-order valence-corrected chi connectivity index (χ1v) is 5.04. The summed E-state index contributed by atoms with van der Waals surface area (Å²) in [5.41, 5.74) is 12.5. The van der Waals surface area contributed by atoms with E-state index in [1.807, 2.05) is 24.3 Å². The van der Waals surface area contributed by atoms with E-state index in [4.69, 9.17) is 11.5 Å². The van der Waals surface area contributed by atoms with Crippen LogP contribution in [0.1, 0.15) is 5.56 Å². The maximum Gasteiger partial charge on any atom is 0.227 e. The van der Waals surface area contributed by atoms with E-state index < -0.39 is 0 Å². The van der Waals surface area contributed by atoms with Crippen molar-refractivity contribution in [2.24, 2.45) is 5.73 Å². The summed E-state index contributed by atoms with van der Waals surface area (Å²) >= 11 is 1.49. The molecule has 0 aliphatic carbocycles. The van der Waals surface area contributed by atoms with Crippen molar-refractivity contribution in [1.29, 1.82) is 0 Å². The van der Waals surface area contributed by atoms with Gasteiger partial charge in [0.2, 0.25) is 5.91 Å². The van der Waals surface area contributed by atoms with E-state index in [-0.39, 0.29) is 5.91 Å². The molecule has 13 heavy (non-hydrogen) atoms. The Balaban J connectivity index is 2.41. The number of carbonyl (C=O) groups is 1. The van der Waals surface area contributed by atoms with Crippen molar-refractivity contribution in [2.45, 2.75) is 5.75 Å². The van der Waals surface area contributed by atoms with Gasteiger partial charge in [-0.05, 0) is 17.7 Å². The Morgan fingerprint density at radius 3 is 2.85 bits per heavy atom. The van der Waals surface area contributed by atoms with E-state index >= 15 is 0 Å². The van der Waals surface area contributed by atoms with Crippen LogP contribution in [0.2, 0.25) is 0 Å². The molecule has 1 aromatic carbocycles. The molecule has 4 heteroatoms. The fraction of sp³-hybridized carbons (Fsp3) is 0.222. The molecule has 1 amide bonds. The molecule has 0 atom stereocenters. The third-order valence-electron chi connectivity index (χ3n) is 1.46. The van der Waals surface area contributed by atoms with Crippen LogP contribution < -0.4 is 11.5 Å². The number of rotatable bonds is 4. The smallest absolute Gasteiger partial charge is 0.227 e. The first-order chi connectivity index (χ1) is 6.18. The maximum absolute atomic E-state index is 10.4. The van der Waals surface area contributed by atoms with E-state index in [1.165, 1.54) is 11.8 Å². The number of nitrogen functional groups attached to an aromatic ring is 1. The quantitative estimate of drug-likeness (QED) is 0.705. The Kier molecular flexibility index (Phi) is 3.64. The summed E-state index contributed by atoms with van der Waals surface area (Å²) in [5, 5.41) is 0. The van der Waals surface area contributed by atoms with Gasteiger partial charge < -0.3 is 11.5 Å². The van der Waals surface area contributed by atoms with Crippen molar-refractivity contribution in [2.75, 3.05) is 11.5 Å². The van der Waals surface area contributed by atoms with E-state index in [2.05, 4.69) is 0 Å². The third-order valence-corrected chi connectivity index (χ3v) is 2.49. The van der Waals surface area contributed by atoms with Gasteiger partial charge in [-0.25, -0.2) is 0 Å². The van der Waals surface area contributed by atoms with Crippen LogP contribution in [0, 0.1) is 0 Å². The van der Waals surface area contributed by atoms with Gasteiger partial charge in [-0.2, -0.15) is 0 Å². The summed E-state index contributed by atoms with van der Waals surface area (Å²) in [7, 11) is 0. The monoisotopic (exact) mass is 196 g/mol. The van der Waals surface area contributed by atoms with Gasteiger partial charge in [-0.15, -0.1) is 11.8 Å². The Hall–Kier alpha value is -1.16. The second kappa shape index (κ2) is 4.77. The fourth-order valence-corrected chi connectivity index (χ4v) is 1.67. The summed E-state index contributed by atoms with van der Waals surface area (Å²) in [6.45, 7) is 0. The molecule has 0 aliphatic rings. The predicted octanol–water partition coefficient (Wildman–Crippen LogP) is 0.987. The van der Waals surface area contributed by atoms with Crippen molar-refractivity contribution in [3.63, 3.8) is 0 Å². The average Bonchev–Trinajstić information content (AvgIpc) is 2.03. The Morgan fingerprint density at radius 1 is 1.46 bits per heavy atom. The molecule has 0 saturated heterocycles. The molecule has 1 aromatic rings. The molecule has 0 fully saturated rings. The number of benzene rings is 1. The molecule has 0 aliphatic heterocycles. The van der Waals surface area contributed by atoms with Crippen molar-refractivity contribution in [3.05, 3.63) is 29.8 Å². The highest BCUT2D eigenvalue weighted by atomic mass is 32.2. The van der Waals surface area contributed by atoms with E-state index in [1.54, 1.807) is 0 Å². The van der Waals surface area contributed by atoms with Gasteiger partial charge in [0, 0.05) is 11.4 Å². The van der Waals surface area contributed by atoms with Gasteiger partial charge in [-0.1, -0.05) is 12.1 Å². The summed E-state index contributed by atoms with van der Waals surface area (Å²) in [4.78, 5) is 10.4. The number of thioether (sulfide) groups is 1. The lowest BCUT2D eigenvalue weighted by Crippen LogP contribution is -2.13. The third kappa shape index (κ3) is 3.85. The fourth-order valence-electron chi connectivity index (χ4n) is 0.952. The van der Waals surface area contributed by atoms with Crippen LogP contribution in [0.4, 0.5) is 5.69 Å². The summed E-state index contributed by atoms with van der Waals surface area (Å²) < 4.78 is 0. The summed E-state index contributed by atoms with van der Waals surface area (Å²) in [6, 6.07) is 7.61. The Labute approximate surface area is 81.5 Å². The largest absolute Gasteiger partial charge is 0.399 e. The first-order valence-electron chi connectivity index (χ1n) is 3.89. The first kappa shape index (κ1) is 9.92. The second-order valence-corrected chi connectivity index (χ2v) is 3.69. The van der Waals surface area contributed by atoms with Crippen LogP contribution in [0.3, 0.4) is 0 Å². The van der Waals surface area contributed by atoms with Crippen LogP contribution in [0.15, 0.2) is 24.3 Å². The summed E-state index contributed by atoms with van der Waals surface area (Å²) in [6.07, 6.45) is 0. The number of amides is 1. The topological polar surface area (TPSA) is 69.1 Å². The zero-order valence-corrected chi connectivity index (χ0v) is 8.01. The molecule has 3 nitrogen and oxygen atoms in total. The van der Waals surface area contributed by atoms with Gasteiger partial charge in [0.15, 0.2) is 0 Å². The van der Waals surface area contributed by atoms with Crippen molar-refractivity contribution in [3.8, 4) is 0 Å². The highest BCUT2D eigenvalue weighted by Gasteiger charge is 1.96. The number of hydrogen-bond donors (Lipinski definition) is 2. The molecule has 1 rings (SSSR count). The minimum Gasteiger partial charge on any atom is -0.399 e. The van der Waals surface area contributed by atoms with E-state index in [0.717, 1.165) is 17.0 Å². The lowest BCUT2D eigenvalue weighted by molar-refractivity contribution is -0.115. The second-order valence-electron chi connectivity index (χ2n) is 2.70. The molecule has 0 spiro atoms. The standard InChI is InChI=1S/C9H12N2OS/c10-8-3-1-2-7(4-8)5-13-6-9(11)12/h1-4H,5-6,10H2,(H2,11,12). The number of anilines is 1. The minimum absolute atomic E-state index is 0.283. The van der Waals surface area contributed by atoms with E-state index in [9.17, 15) is 4.79 Å². The average molecular weight is 196 g/mol. The van der Waals surface area contributed by atoms with Crippen LogP contribution in [-0.2, 0) is 10.5 Å². The van der Waals surface area contributed by atoms with E-state index in [0.29, 0.717) is 5.75 Å². The maximum atomic E-state index is 10.4. The summed E-state index contributed by atoms with van der Waals surface area (Å²) in [5.74, 6) is 0.844. The van der Waals surface area contributed by atoms with Gasteiger partial charge >= 0.3 is 0 Å². The zero-order chi connectivity index (χ0) is 9.68. The molecule has 0 saturated carbocycles. The zero-order valence-electron chi connectivity index (χ0n) is 7.19. The Bertz CT molecular complexity index is 301. The van der Waals surface area contributed by atoms with Crippen molar-refractivity contribution >= 4 is 23.4 Å². The molecule has 70 valence electrons. The normalized spacial score (nSPS) is 9.85. The molecule has 0 unspecified atom stereocenters. The molecule has 0 radical (unpaired) electrons. The molecule has 0 aromatic heterocycles. The van der Waals surface area contributed by atoms with Crippen LogP contribution in [-0.4, -0.2) is 11.7 Å². The lowest BCUT2D eigenvalue weighted by atomic mass is 10.2. The number of carbonyl (C=O) groups excluding carboxylic acids is 1. The van der Waals surface area contributed by atoms with Gasteiger partial charge in [0.25, 0.3) is 0 Å². The van der Waals surface area contributed by atoms with Crippen LogP contribution in [0.5, 0.6) is 0 Å². The lowest BCUT2D eigenvalue weighted by Gasteiger charge is -2.00. The van der Waals surface area contributed by atoms with Crippen LogP contribution in [0.25, 0.3) is 0 Å². The molecular formula is C9H12N2OS.